The first kappa shape index (κ1) is 13.4. The molecule has 3 nitrogen and oxygen atoms in total. The van der Waals surface area contributed by atoms with Crippen LogP contribution in [-0.4, -0.2) is 11.0 Å². The molecule has 0 saturated heterocycles. The quantitative estimate of drug-likeness (QED) is 0.731. The first-order valence-electron chi connectivity index (χ1n) is 6.68. The number of para-hydroxylation sites is 1. The minimum Gasteiger partial charge on any atom is -0.454 e. The molecule has 0 aliphatic carbocycles. The molecule has 3 rings (SSSR count). The predicted molar refractivity (Wildman–Crippen MR) is 78.5 cm³/mol. The Bertz CT molecular complexity index is 777. The van der Waals surface area contributed by atoms with Crippen LogP contribution in [0.2, 0.25) is 0 Å². The van der Waals surface area contributed by atoms with E-state index in [1.807, 2.05) is 24.3 Å². The fraction of sp³-hybridized carbons (Fsp3) is 0.118. The van der Waals surface area contributed by atoms with Gasteiger partial charge in [0.15, 0.2) is 0 Å². The van der Waals surface area contributed by atoms with Gasteiger partial charge in [0.25, 0.3) is 0 Å². The molecule has 1 atom stereocenters. The Morgan fingerprint density at radius 3 is 2.62 bits per heavy atom. The molecule has 0 radical (unpaired) electrons. The molecular weight excluding hydrogens is 269 g/mol. The number of aromatic nitrogens is 1. The number of hydrogen-bond acceptors (Lipinski definition) is 2. The van der Waals surface area contributed by atoms with Crippen LogP contribution in [0.5, 0.6) is 0 Å². The molecule has 0 unspecified atom stereocenters. The van der Waals surface area contributed by atoms with Crippen LogP contribution in [-0.2, 0) is 4.74 Å². The molecule has 4 heteroatoms. The predicted octanol–water partition coefficient (Wildman–Crippen LogP) is 4.23. The van der Waals surface area contributed by atoms with E-state index in [0.29, 0.717) is 5.56 Å². The molecule has 0 aliphatic rings. The van der Waals surface area contributed by atoms with Gasteiger partial charge >= 0.3 is 5.97 Å². The molecule has 0 spiro atoms. The zero-order valence-electron chi connectivity index (χ0n) is 11.5. The smallest absolute Gasteiger partial charge is 0.340 e. The van der Waals surface area contributed by atoms with Gasteiger partial charge in [0.2, 0.25) is 0 Å². The zero-order valence-corrected chi connectivity index (χ0v) is 11.5. The van der Waals surface area contributed by atoms with Crippen molar-refractivity contribution in [3.05, 3.63) is 71.7 Å². The number of H-pyrrole nitrogens is 1. The lowest BCUT2D eigenvalue weighted by atomic mass is 10.1. The number of fused-ring (bicyclic) bond motifs is 1. The maximum absolute atomic E-state index is 12.9. The second-order valence-electron chi connectivity index (χ2n) is 4.85. The van der Waals surface area contributed by atoms with Crippen molar-refractivity contribution in [1.29, 1.82) is 0 Å². The first-order chi connectivity index (χ1) is 10.1. The summed E-state index contributed by atoms with van der Waals surface area (Å²) < 4.78 is 18.3. The van der Waals surface area contributed by atoms with E-state index in [4.69, 9.17) is 4.74 Å². The third-order valence-electron chi connectivity index (χ3n) is 3.43. The summed E-state index contributed by atoms with van der Waals surface area (Å²) in [7, 11) is 0. The minimum atomic E-state index is -0.438. The summed E-state index contributed by atoms with van der Waals surface area (Å²) in [5.74, 6) is -0.710. The molecule has 21 heavy (non-hydrogen) atoms. The number of carbonyl (C=O) groups is 1. The van der Waals surface area contributed by atoms with Crippen LogP contribution < -0.4 is 0 Å². The average Bonchev–Trinajstić information content (AvgIpc) is 2.92. The number of esters is 1. The van der Waals surface area contributed by atoms with Crippen LogP contribution in [0.1, 0.15) is 28.9 Å². The van der Waals surface area contributed by atoms with Gasteiger partial charge in [0.1, 0.15) is 11.9 Å². The van der Waals surface area contributed by atoms with Crippen LogP contribution in [0.3, 0.4) is 0 Å². The van der Waals surface area contributed by atoms with E-state index in [1.165, 1.54) is 12.1 Å². The Morgan fingerprint density at radius 1 is 1.14 bits per heavy atom. The third kappa shape index (κ3) is 2.65. The van der Waals surface area contributed by atoms with Crippen molar-refractivity contribution in [3.8, 4) is 0 Å². The van der Waals surface area contributed by atoms with Crippen molar-refractivity contribution in [2.75, 3.05) is 0 Å². The number of aromatic amines is 1. The monoisotopic (exact) mass is 283 g/mol. The summed E-state index contributed by atoms with van der Waals surface area (Å²) in [5.41, 5.74) is 2.14. The van der Waals surface area contributed by atoms with Gasteiger partial charge in [-0.15, -0.1) is 0 Å². The fourth-order valence-electron chi connectivity index (χ4n) is 2.27. The van der Waals surface area contributed by atoms with Gasteiger partial charge in [-0.05, 0) is 30.7 Å². The van der Waals surface area contributed by atoms with E-state index in [9.17, 15) is 9.18 Å². The highest BCUT2D eigenvalue weighted by Gasteiger charge is 2.17. The molecule has 0 bridgehead atoms. The highest BCUT2D eigenvalue weighted by atomic mass is 19.1. The Kier molecular flexibility index (Phi) is 3.44. The number of nitrogens with one attached hydrogen (secondary N) is 1. The highest BCUT2D eigenvalue weighted by Crippen LogP contribution is 2.23. The molecule has 0 saturated carbocycles. The number of rotatable bonds is 3. The van der Waals surface area contributed by atoms with Crippen LogP contribution in [0.4, 0.5) is 4.39 Å². The Morgan fingerprint density at radius 2 is 1.86 bits per heavy atom. The van der Waals surface area contributed by atoms with E-state index in [0.717, 1.165) is 16.5 Å². The second kappa shape index (κ2) is 5.40. The van der Waals surface area contributed by atoms with Crippen LogP contribution in [0.15, 0.2) is 54.7 Å². The maximum atomic E-state index is 12.9. The van der Waals surface area contributed by atoms with E-state index >= 15 is 0 Å². The lowest BCUT2D eigenvalue weighted by molar-refractivity contribution is 0.0340. The van der Waals surface area contributed by atoms with E-state index < -0.39 is 12.1 Å². The van der Waals surface area contributed by atoms with Gasteiger partial charge in [-0.1, -0.05) is 30.3 Å². The summed E-state index contributed by atoms with van der Waals surface area (Å²) >= 11 is 0. The molecule has 1 heterocycles. The molecule has 0 amide bonds. The van der Waals surface area contributed by atoms with Crippen molar-refractivity contribution in [1.82, 2.24) is 4.98 Å². The van der Waals surface area contributed by atoms with Gasteiger partial charge in [-0.3, -0.25) is 0 Å². The number of carbonyl (C=O) groups excluding carboxylic acids is 1. The van der Waals surface area contributed by atoms with Crippen molar-refractivity contribution in [2.24, 2.45) is 0 Å². The topological polar surface area (TPSA) is 42.1 Å². The van der Waals surface area contributed by atoms with E-state index in [-0.39, 0.29) is 5.82 Å². The second-order valence-corrected chi connectivity index (χ2v) is 4.85. The maximum Gasteiger partial charge on any atom is 0.340 e. The van der Waals surface area contributed by atoms with Gasteiger partial charge in [-0.25, -0.2) is 9.18 Å². The summed E-state index contributed by atoms with van der Waals surface area (Å²) in [5, 5.41) is 0.828. The lowest BCUT2D eigenvalue weighted by Crippen LogP contribution is -2.08. The van der Waals surface area contributed by atoms with Crippen LogP contribution in [0, 0.1) is 5.82 Å². The van der Waals surface area contributed by atoms with Crippen LogP contribution >= 0.6 is 0 Å². The molecule has 106 valence electrons. The number of hydrogen-bond donors (Lipinski definition) is 1. The van der Waals surface area contributed by atoms with Crippen molar-refractivity contribution in [2.45, 2.75) is 13.0 Å². The van der Waals surface area contributed by atoms with E-state index in [1.54, 1.807) is 25.3 Å². The molecular formula is C17H14FNO2. The lowest BCUT2D eigenvalue weighted by Gasteiger charge is -2.13. The standard InChI is InChI=1S/C17H14FNO2/c1-11(12-6-8-13(18)9-7-12)21-17(20)15-10-19-16-5-3-2-4-14(15)16/h2-11,19H,1H3/t11-/m0/s1. The Hall–Kier alpha value is -2.62. The first-order valence-corrected chi connectivity index (χ1v) is 6.68. The number of benzene rings is 2. The molecule has 2 aromatic carbocycles. The minimum absolute atomic E-state index is 0.311. The Balaban J connectivity index is 1.81. The van der Waals surface area contributed by atoms with E-state index in [2.05, 4.69) is 4.98 Å². The van der Waals surface area contributed by atoms with Crippen molar-refractivity contribution in [3.63, 3.8) is 0 Å². The number of ether oxygens (including phenoxy) is 1. The summed E-state index contributed by atoms with van der Waals surface area (Å²) in [6.07, 6.45) is 1.21. The molecule has 0 fully saturated rings. The zero-order chi connectivity index (χ0) is 14.8. The van der Waals surface area contributed by atoms with Crippen molar-refractivity contribution < 1.29 is 13.9 Å². The summed E-state index contributed by atoms with van der Waals surface area (Å²) in [4.78, 5) is 15.3. The van der Waals surface area contributed by atoms with Gasteiger partial charge in [0.05, 0.1) is 5.56 Å². The van der Waals surface area contributed by atoms with Gasteiger partial charge in [-0.2, -0.15) is 0 Å². The molecule has 1 aromatic heterocycles. The van der Waals surface area contributed by atoms with Crippen molar-refractivity contribution >= 4 is 16.9 Å². The Labute approximate surface area is 121 Å². The van der Waals surface area contributed by atoms with Crippen LogP contribution in [0.25, 0.3) is 10.9 Å². The SMILES string of the molecule is C[C@H](OC(=O)c1c[nH]c2ccccc12)c1ccc(F)cc1. The van der Waals surface area contributed by atoms with Gasteiger partial charge < -0.3 is 9.72 Å². The molecule has 0 aliphatic heterocycles. The van der Waals surface area contributed by atoms with Gasteiger partial charge in [0, 0.05) is 17.1 Å². The molecule has 3 aromatic rings. The summed E-state index contributed by atoms with van der Waals surface area (Å²) in [6.45, 7) is 1.76. The normalized spacial score (nSPS) is 12.3. The average molecular weight is 283 g/mol. The largest absolute Gasteiger partial charge is 0.454 e. The molecule has 1 N–H and O–H groups in total. The third-order valence-corrected chi connectivity index (χ3v) is 3.43. The highest BCUT2D eigenvalue weighted by molar-refractivity contribution is 6.04. The fourth-order valence-corrected chi connectivity index (χ4v) is 2.27. The number of halogens is 1. The summed E-state index contributed by atoms with van der Waals surface area (Å²) in [6, 6.07) is 13.5.